The summed E-state index contributed by atoms with van der Waals surface area (Å²) in [4.78, 5) is 12.0. The molecule has 0 radical (unpaired) electrons. The number of halogens is 5. The summed E-state index contributed by atoms with van der Waals surface area (Å²) in [7, 11) is 0. The van der Waals surface area contributed by atoms with Crippen molar-refractivity contribution in [2.45, 2.75) is 12.6 Å². The molecule has 6 heteroatoms. The van der Waals surface area contributed by atoms with E-state index in [9.17, 15) is 22.4 Å². The topological polar surface area (TPSA) is 17.1 Å². The first-order valence-corrected chi connectivity index (χ1v) is 6.71. The van der Waals surface area contributed by atoms with Gasteiger partial charge in [0, 0.05) is 16.5 Å². The minimum Gasteiger partial charge on any atom is -0.294 e. The number of Topliss-reactive ketones (excluding diaryl/α,β-unsaturated/α-hetero) is 1. The van der Waals surface area contributed by atoms with Crippen LogP contribution in [0.25, 0.3) is 0 Å². The second-order valence-electron chi connectivity index (χ2n) is 4.41. The van der Waals surface area contributed by atoms with E-state index in [2.05, 4.69) is 15.9 Å². The Bertz CT molecular complexity index is 680. The monoisotopic (exact) mass is 360 g/mol. The Morgan fingerprint density at radius 2 is 1.81 bits per heavy atom. The molecule has 0 aliphatic carbocycles. The smallest absolute Gasteiger partial charge is 0.294 e. The fourth-order valence-electron chi connectivity index (χ4n) is 1.82. The van der Waals surface area contributed by atoms with Crippen molar-refractivity contribution in [1.82, 2.24) is 0 Å². The molecule has 2 rings (SSSR count). The van der Waals surface area contributed by atoms with Gasteiger partial charge in [0.25, 0.3) is 0 Å². The van der Waals surface area contributed by atoms with E-state index in [4.69, 9.17) is 0 Å². The summed E-state index contributed by atoms with van der Waals surface area (Å²) in [5.74, 6) is -1.14. The van der Waals surface area contributed by atoms with Gasteiger partial charge in [-0.2, -0.15) is 13.2 Å². The third-order valence-corrected chi connectivity index (χ3v) is 3.36. The number of benzene rings is 2. The second-order valence-corrected chi connectivity index (χ2v) is 5.33. The van der Waals surface area contributed by atoms with Gasteiger partial charge in [-0.25, -0.2) is 4.39 Å². The molecule has 0 fully saturated rings. The molecule has 0 N–H and O–H groups in total. The molecule has 0 atom stereocenters. The molecule has 0 heterocycles. The molecule has 1 nitrogen and oxygen atoms in total. The van der Waals surface area contributed by atoms with E-state index in [1.165, 1.54) is 24.3 Å². The van der Waals surface area contributed by atoms with Crippen LogP contribution in [0.5, 0.6) is 0 Å². The van der Waals surface area contributed by atoms with Gasteiger partial charge in [-0.3, -0.25) is 4.79 Å². The standard InChI is InChI=1S/C15H9BrF4O/c16-12-4-5-13(17)10(7-12)8-14(21)9-2-1-3-11(6-9)15(18,19)20/h1-7H,8H2. The first kappa shape index (κ1) is 15.7. The van der Waals surface area contributed by atoms with Crippen molar-refractivity contribution in [3.63, 3.8) is 0 Å². The molecule has 2 aromatic carbocycles. The van der Waals surface area contributed by atoms with E-state index in [1.807, 2.05) is 0 Å². The molecule has 0 saturated heterocycles. The molecule has 0 amide bonds. The largest absolute Gasteiger partial charge is 0.416 e. The van der Waals surface area contributed by atoms with Crippen LogP contribution in [-0.4, -0.2) is 5.78 Å². The SMILES string of the molecule is O=C(Cc1cc(Br)ccc1F)c1cccc(C(F)(F)F)c1. The first-order valence-electron chi connectivity index (χ1n) is 5.92. The Morgan fingerprint density at radius 3 is 2.48 bits per heavy atom. The zero-order valence-electron chi connectivity index (χ0n) is 10.5. The number of carbonyl (C=O) groups is 1. The first-order chi connectivity index (χ1) is 9.77. The molecule has 0 aliphatic heterocycles. The van der Waals surface area contributed by atoms with Gasteiger partial charge in [0.2, 0.25) is 0 Å². The maximum absolute atomic E-state index is 13.6. The molecule has 2 aromatic rings. The number of carbonyl (C=O) groups excluding carboxylic acids is 1. The molecule has 110 valence electrons. The minimum atomic E-state index is -4.52. The van der Waals surface area contributed by atoms with Crippen molar-refractivity contribution >= 4 is 21.7 Å². The molecule has 0 saturated carbocycles. The lowest BCUT2D eigenvalue weighted by Gasteiger charge is -2.08. The number of ketones is 1. The molecule has 21 heavy (non-hydrogen) atoms. The summed E-state index contributed by atoms with van der Waals surface area (Å²) in [6, 6.07) is 8.21. The van der Waals surface area contributed by atoms with E-state index >= 15 is 0 Å². The van der Waals surface area contributed by atoms with E-state index in [1.54, 1.807) is 0 Å². The Balaban J connectivity index is 2.27. The second kappa shape index (κ2) is 5.97. The zero-order chi connectivity index (χ0) is 15.6. The van der Waals surface area contributed by atoms with E-state index < -0.39 is 23.3 Å². The number of rotatable bonds is 3. The highest BCUT2D eigenvalue weighted by molar-refractivity contribution is 9.10. The van der Waals surface area contributed by atoms with E-state index in [-0.39, 0.29) is 17.5 Å². The quantitative estimate of drug-likeness (QED) is 0.554. The Hall–Kier alpha value is -1.69. The molecule has 0 bridgehead atoms. The maximum Gasteiger partial charge on any atom is 0.416 e. The summed E-state index contributed by atoms with van der Waals surface area (Å²) >= 11 is 3.15. The number of hydrogen-bond donors (Lipinski definition) is 0. The highest BCUT2D eigenvalue weighted by Crippen LogP contribution is 2.29. The van der Waals surface area contributed by atoms with Crippen molar-refractivity contribution in [3.05, 3.63) is 69.4 Å². The maximum atomic E-state index is 13.6. The fourth-order valence-corrected chi connectivity index (χ4v) is 2.23. The third kappa shape index (κ3) is 3.91. The van der Waals surface area contributed by atoms with Gasteiger partial charge < -0.3 is 0 Å². The highest BCUT2D eigenvalue weighted by atomic mass is 79.9. The van der Waals surface area contributed by atoms with Gasteiger partial charge in [0.1, 0.15) is 5.82 Å². The third-order valence-electron chi connectivity index (χ3n) is 2.87. The van der Waals surface area contributed by atoms with Crippen molar-refractivity contribution in [2.75, 3.05) is 0 Å². The molecular formula is C15H9BrF4O. The molecular weight excluding hydrogens is 352 g/mol. The van der Waals surface area contributed by atoms with Gasteiger partial charge in [0.15, 0.2) is 5.78 Å². The summed E-state index contributed by atoms with van der Waals surface area (Å²) in [5.41, 5.74) is -0.862. The van der Waals surface area contributed by atoms with Crippen molar-refractivity contribution in [2.24, 2.45) is 0 Å². The summed E-state index contributed by atoms with van der Waals surface area (Å²) in [5, 5.41) is 0. The van der Waals surface area contributed by atoms with Gasteiger partial charge in [0.05, 0.1) is 5.56 Å². The lowest BCUT2D eigenvalue weighted by atomic mass is 10.0. The van der Waals surface area contributed by atoms with Crippen molar-refractivity contribution < 1.29 is 22.4 Å². The average molecular weight is 361 g/mol. The fraction of sp³-hybridized carbons (Fsp3) is 0.133. The Labute approximate surface area is 126 Å². The summed E-state index contributed by atoms with van der Waals surface area (Å²) in [6.45, 7) is 0. The number of alkyl halides is 3. The lowest BCUT2D eigenvalue weighted by Crippen LogP contribution is -2.09. The molecule has 0 aliphatic rings. The van der Waals surface area contributed by atoms with Crippen LogP contribution in [0.1, 0.15) is 21.5 Å². The van der Waals surface area contributed by atoms with Gasteiger partial charge in [-0.1, -0.05) is 28.1 Å². The normalized spacial score (nSPS) is 11.5. The van der Waals surface area contributed by atoms with Crippen molar-refractivity contribution in [1.29, 1.82) is 0 Å². The van der Waals surface area contributed by atoms with Crippen LogP contribution in [0.3, 0.4) is 0 Å². The Kier molecular flexibility index (Phi) is 4.46. The van der Waals surface area contributed by atoms with Gasteiger partial charge >= 0.3 is 6.18 Å². The van der Waals surface area contributed by atoms with Crippen LogP contribution >= 0.6 is 15.9 Å². The van der Waals surface area contributed by atoms with Crippen LogP contribution < -0.4 is 0 Å². The van der Waals surface area contributed by atoms with Crippen LogP contribution in [0.2, 0.25) is 0 Å². The van der Waals surface area contributed by atoms with Crippen LogP contribution in [0.15, 0.2) is 46.9 Å². The minimum absolute atomic E-state index is 0.0933. The predicted octanol–water partition coefficient (Wildman–Crippen LogP) is 5.03. The average Bonchev–Trinajstić information content (AvgIpc) is 2.42. The van der Waals surface area contributed by atoms with E-state index in [0.29, 0.717) is 4.47 Å². The van der Waals surface area contributed by atoms with Crippen LogP contribution in [-0.2, 0) is 12.6 Å². The zero-order valence-corrected chi connectivity index (χ0v) is 12.1. The predicted molar refractivity (Wildman–Crippen MR) is 73.6 cm³/mol. The molecule has 0 spiro atoms. The van der Waals surface area contributed by atoms with E-state index in [0.717, 1.165) is 18.2 Å². The molecule has 0 aromatic heterocycles. The Morgan fingerprint density at radius 1 is 1.10 bits per heavy atom. The van der Waals surface area contributed by atoms with Crippen LogP contribution in [0.4, 0.5) is 17.6 Å². The highest BCUT2D eigenvalue weighted by Gasteiger charge is 2.30. The lowest BCUT2D eigenvalue weighted by molar-refractivity contribution is -0.137. The number of hydrogen-bond acceptors (Lipinski definition) is 1. The summed E-state index contributed by atoms with van der Waals surface area (Å²) < 4.78 is 51.9. The van der Waals surface area contributed by atoms with Gasteiger partial charge in [-0.05, 0) is 35.9 Å². The summed E-state index contributed by atoms with van der Waals surface area (Å²) in [6.07, 6.45) is -4.82. The van der Waals surface area contributed by atoms with Crippen molar-refractivity contribution in [3.8, 4) is 0 Å². The van der Waals surface area contributed by atoms with Gasteiger partial charge in [-0.15, -0.1) is 0 Å². The van der Waals surface area contributed by atoms with Crippen LogP contribution in [0, 0.1) is 5.82 Å². The molecule has 0 unspecified atom stereocenters.